The molecule has 352 valence electrons. The van der Waals surface area contributed by atoms with Crippen molar-refractivity contribution < 1.29 is 9.47 Å². The molecule has 68 heavy (non-hydrogen) atoms. The topological polar surface area (TPSA) is 164 Å². The van der Waals surface area contributed by atoms with Gasteiger partial charge in [-0.15, -0.1) is 0 Å². The van der Waals surface area contributed by atoms with Gasteiger partial charge in [-0.2, -0.15) is 20.7 Å². The molecule has 2 aromatic carbocycles. The van der Waals surface area contributed by atoms with Crippen molar-refractivity contribution >= 4 is 33.2 Å². The molecule has 4 aromatic heterocycles. The Balaban J connectivity index is 0.000000149. The van der Waals surface area contributed by atoms with Crippen LogP contribution in [0.4, 0.5) is 11.4 Å². The second kappa shape index (κ2) is 18.8. The fourth-order valence-electron chi connectivity index (χ4n) is 11.8. The summed E-state index contributed by atoms with van der Waals surface area (Å²) in [5, 5.41) is 37.6. The maximum absolute atomic E-state index is 9.48. The highest BCUT2D eigenvalue weighted by atomic mass is 16.5. The molecule has 0 amide bonds. The van der Waals surface area contributed by atoms with E-state index in [2.05, 4.69) is 126 Å². The van der Waals surface area contributed by atoms with Crippen LogP contribution in [0.5, 0.6) is 0 Å². The second-order valence-electron chi connectivity index (χ2n) is 19.8. The molecule has 6 aliphatic heterocycles. The molecule has 0 unspecified atom stereocenters. The molecule has 12 rings (SSSR count). The molecule has 6 aromatic rings. The first-order chi connectivity index (χ1) is 33.2. The summed E-state index contributed by atoms with van der Waals surface area (Å²) in [6, 6.07) is 22.1. The molecule has 6 atom stereocenters. The number of anilines is 2. The molecule has 16 heteroatoms. The van der Waals surface area contributed by atoms with Gasteiger partial charge < -0.3 is 29.9 Å². The van der Waals surface area contributed by atoms with Crippen LogP contribution >= 0.6 is 0 Å². The molecule has 4 fully saturated rings. The van der Waals surface area contributed by atoms with E-state index in [9.17, 15) is 10.5 Å². The van der Waals surface area contributed by atoms with E-state index < -0.39 is 0 Å². The summed E-state index contributed by atoms with van der Waals surface area (Å²) >= 11 is 0. The van der Waals surface area contributed by atoms with Crippen LogP contribution in [0.1, 0.15) is 85.5 Å². The molecular formula is C52H62N14O2. The van der Waals surface area contributed by atoms with E-state index >= 15 is 0 Å². The van der Waals surface area contributed by atoms with Crippen LogP contribution in [0.2, 0.25) is 0 Å². The molecule has 0 aliphatic carbocycles. The maximum Gasteiger partial charge on any atom is 0.101 e. The van der Waals surface area contributed by atoms with Gasteiger partial charge in [-0.1, -0.05) is 0 Å². The first kappa shape index (κ1) is 44.5. The summed E-state index contributed by atoms with van der Waals surface area (Å²) in [6.45, 7) is 20.1. The predicted octanol–water partition coefficient (Wildman–Crippen LogP) is 5.32. The number of likely N-dealkylation sites (tertiary alicyclic amines) is 2. The lowest BCUT2D eigenvalue weighted by Crippen LogP contribution is -2.56. The van der Waals surface area contributed by atoms with Crippen LogP contribution in [0.3, 0.4) is 0 Å². The van der Waals surface area contributed by atoms with Crippen LogP contribution in [0, 0.1) is 22.7 Å². The highest BCUT2D eigenvalue weighted by Crippen LogP contribution is 2.35. The summed E-state index contributed by atoms with van der Waals surface area (Å²) in [5.74, 6) is 0. The molecule has 0 saturated carbocycles. The van der Waals surface area contributed by atoms with Gasteiger partial charge in [0.15, 0.2) is 0 Å². The van der Waals surface area contributed by atoms with Crippen LogP contribution in [0.25, 0.3) is 21.8 Å². The number of rotatable bonds is 8. The first-order valence-corrected chi connectivity index (χ1v) is 24.6. The Morgan fingerprint density at radius 3 is 1.46 bits per heavy atom. The first-order valence-electron chi connectivity index (χ1n) is 24.6. The number of ether oxygens (including phenoxy) is 2. The minimum atomic E-state index is 0.138. The Morgan fingerprint density at radius 1 is 0.588 bits per heavy atom. The molecular weight excluding hydrogens is 853 g/mol. The van der Waals surface area contributed by atoms with Crippen molar-refractivity contribution in [1.29, 1.82) is 10.5 Å². The number of benzene rings is 2. The lowest BCUT2D eigenvalue weighted by molar-refractivity contribution is -0.0494. The van der Waals surface area contributed by atoms with Crippen LogP contribution < -0.4 is 20.4 Å². The van der Waals surface area contributed by atoms with Crippen molar-refractivity contribution in [1.82, 2.24) is 50.0 Å². The molecule has 0 spiro atoms. The number of pyridine rings is 2. The molecule has 4 saturated heterocycles. The molecule has 0 radical (unpaired) electrons. The van der Waals surface area contributed by atoms with Crippen LogP contribution in [0.15, 0.2) is 73.3 Å². The zero-order chi connectivity index (χ0) is 46.5. The number of nitriles is 2. The zero-order valence-electron chi connectivity index (χ0n) is 39.6. The molecule has 0 bridgehead atoms. The van der Waals surface area contributed by atoms with Gasteiger partial charge in [0.05, 0.1) is 82.4 Å². The number of hydrogen-bond acceptors (Lipinski definition) is 14. The molecule has 6 aliphatic rings. The van der Waals surface area contributed by atoms with E-state index in [1.54, 1.807) is 12.4 Å². The Kier molecular flexibility index (Phi) is 12.3. The lowest BCUT2D eigenvalue weighted by Gasteiger charge is -2.45. The van der Waals surface area contributed by atoms with E-state index in [1.165, 1.54) is 22.5 Å². The van der Waals surface area contributed by atoms with E-state index in [-0.39, 0.29) is 24.4 Å². The Hall–Kier alpha value is -5.98. The standard InChI is InChI=1S/2C26H31N7O/c2*1-17-12-32(24-6-5-19(10-27)25-23(24)4-3-8-29-25)16-22(34-17)15-31-13-21(14-31)33-26-18(2)28-9-7-20(26)11-30-33/h2*3-6,8,11,17-18,21-22,28H,7,9,12-16H2,1-2H3/t17-,18+,22+;17-,18-,22+/m11/s1. The fraction of sp³-hybridized carbons (Fsp3) is 0.500. The van der Waals surface area contributed by atoms with Gasteiger partial charge in [0.2, 0.25) is 0 Å². The van der Waals surface area contributed by atoms with Crippen molar-refractivity contribution in [2.24, 2.45) is 0 Å². The highest BCUT2D eigenvalue weighted by Gasteiger charge is 2.38. The normalized spacial score (nSPS) is 25.7. The van der Waals surface area contributed by atoms with Gasteiger partial charge in [0.25, 0.3) is 0 Å². The predicted molar refractivity (Wildman–Crippen MR) is 262 cm³/mol. The minimum absolute atomic E-state index is 0.138. The van der Waals surface area contributed by atoms with Gasteiger partial charge >= 0.3 is 0 Å². The van der Waals surface area contributed by atoms with E-state index in [0.29, 0.717) is 35.3 Å². The van der Waals surface area contributed by atoms with Crippen molar-refractivity contribution in [3.05, 3.63) is 107 Å². The van der Waals surface area contributed by atoms with Crippen LogP contribution in [-0.4, -0.2) is 142 Å². The number of fused-ring (bicyclic) bond motifs is 4. The number of morpholine rings is 2. The van der Waals surface area contributed by atoms with E-state index in [0.717, 1.165) is 125 Å². The monoisotopic (exact) mass is 915 g/mol. The average Bonchev–Trinajstić information content (AvgIpc) is 3.96. The van der Waals surface area contributed by atoms with Gasteiger partial charge in [0, 0.05) is 112 Å². The maximum atomic E-state index is 9.48. The quantitative estimate of drug-likeness (QED) is 0.202. The van der Waals surface area contributed by atoms with Gasteiger partial charge in [-0.3, -0.25) is 29.1 Å². The molecule has 16 nitrogen and oxygen atoms in total. The summed E-state index contributed by atoms with van der Waals surface area (Å²) in [6.07, 6.45) is 10.3. The number of hydrogen-bond donors (Lipinski definition) is 2. The van der Waals surface area contributed by atoms with Crippen LogP contribution in [-0.2, 0) is 22.3 Å². The molecule has 10 heterocycles. The summed E-state index contributed by atoms with van der Waals surface area (Å²) in [4.78, 5) is 18.7. The second-order valence-corrected chi connectivity index (χ2v) is 19.8. The Bertz CT molecular complexity index is 2680. The third-order valence-electron chi connectivity index (χ3n) is 14.9. The zero-order valence-corrected chi connectivity index (χ0v) is 39.6. The Labute approximate surface area is 398 Å². The average molecular weight is 915 g/mol. The van der Waals surface area contributed by atoms with Crippen molar-refractivity contribution in [3.8, 4) is 12.1 Å². The van der Waals surface area contributed by atoms with Gasteiger partial charge in [-0.25, -0.2) is 0 Å². The van der Waals surface area contributed by atoms with E-state index in [1.807, 2.05) is 24.3 Å². The van der Waals surface area contributed by atoms with Crippen molar-refractivity contribution in [3.63, 3.8) is 0 Å². The molecule has 2 N–H and O–H groups in total. The lowest BCUT2D eigenvalue weighted by atomic mass is 10.0. The van der Waals surface area contributed by atoms with Crippen molar-refractivity contribution in [2.75, 3.05) is 88.3 Å². The fourth-order valence-corrected chi connectivity index (χ4v) is 11.8. The minimum Gasteiger partial charge on any atom is -0.370 e. The van der Waals surface area contributed by atoms with Crippen molar-refractivity contribution in [2.45, 2.75) is 89.1 Å². The number of aromatic nitrogens is 6. The third-order valence-corrected chi connectivity index (χ3v) is 14.9. The largest absolute Gasteiger partial charge is 0.370 e. The Morgan fingerprint density at radius 2 is 1.03 bits per heavy atom. The van der Waals surface area contributed by atoms with Gasteiger partial charge in [-0.05, 0) is 113 Å². The summed E-state index contributed by atoms with van der Waals surface area (Å²) in [5.41, 5.74) is 10.6. The van der Waals surface area contributed by atoms with E-state index in [4.69, 9.17) is 19.7 Å². The SMILES string of the molecule is C[C@@H]1CN(c2ccc(C#N)c3ncccc23)C[C@H](CN2CC(n3ncc4c3[C@@H](C)NCC4)C2)O1.C[C@@H]1CN(c2ccc(C#N)c3ncccc23)C[C@H](CN2CC(n3ncc4c3[C@H](C)NCC4)C2)O1. The summed E-state index contributed by atoms with van der Waals surface area (Å²) < 4.78 is 17.2. The third kappa shape index (κ3) is 8.59. The smallest absolute Gasteiger partial charge is 0.101 e. The summed E-state index contributed by atoms with van der Waals surface area (Å²) in [7, 11) is 0. The number of nitrogens with zero attached hydrogens (tertiary/aromatic N) is 12. The highest BCUT2D eigenvalue weighted by molar-refractivity contribution is 5.96. The number of nitrogens with one attached hydrogen (secondary N) is 2. The van der Waals surface area contributed by atoms with Gasteiger partial charge in [0.1, 0.15) is 12.1 Å².